The molecule has 3 aliphatic rings. The second kappa shape index (κ2) is 9.02. The van der Waals surface area contributed by atoms with Crippen molar-refractivity contribution in [3.8, 4) is 0 Å². The van der Waals surface area contributed by atoms with E-state index in [4.69, 9.17) is 4.74 Å². The van der Waals surface area contributed by atoms with Crippen LogP contribution in [0.2, 0.25) is 0 Å². The van der Waals surface area contributed by atoms with Crippen LogP contribution in [0.1, 0.15) is 91.4 Å². The molecule has 0 radical (unpaired) electrons. The van der Waals surface area contributed by atoms with Gasteiger partial charge in [-0.25, -0.2) is 4.79 Å². The Morgan fingerprint density at radius 2 is 1.43 bits per heavy atom. The average molecular weight is 395 g/mol. The van der Waals surface area contributed by atoms with Gasteiger partial charge in [0.2, 0.25) is 5.91 Å². The molecule has 1 saturated heterocycles. The summed E-state index contributed by atoms with van der Waals surface area (Å²) in [5.41, 5.74) is -0.620. The average Bonchev–Trinajstić information content (AvgIpc) is 3.04. The van der Waals surface area contributed by atoms with E-state index < -0.39 is 23.8 Å². The van der Waals surface area contributed by atoms with Crippen molar-refractivity contribution in [2.24, 2.45) is 0 Å². The van der Waals surface area contributed by atoms with Crippen LogP contribution in [0.25, 0.3) is 0 Å². The lowest BCUT2D eigenvalue weighted by Gasteiger charge is -2.43. The fourth-order valence-corrected chi connectivity index (χ4v) is 5.12. The van der Waals surface area contributed by atoms with Crippen LogP contribution in [0, 0.1) is 0 Å². The summed E-state index contributed by atoms with van der Waals surface area (Å²) in [6.07, 6.45) is 10.6. The van der Waals surface area contributed by atoms with E-state index in [1.807, 2.05) is 20.8 Å². The number of aliphatic hydroxyl groups excluding tert-OH is 1. The minimum absolute atomic E-state index is 0.0289. The normalized spacial score (nSPS) is 27.6. The molecule has 1 aliphatic heterocycles. The van der Waals surface area contributed by atoms with Gasteiger partial charge in [0.15, 0.2) is 0 Å². The molecule has 1 heterocycles. The first-order valence-corrected chi connectivity index (χ1v) is 11.3. The second-order valence-electron chi connectivity index (χ2n) is 9.87. The van der Waals surface area contributed by atoms with Crippen LogP contribution >= 0.6 is 0 Å². The number of ether oxygens (including phenoxy) is 1. The summed E-state index contributed by atoms with van der Waals surface area (Å²) in [7, 11) is 0. The van der Waals surface area contributed by atoms with Crippen molar-refractivity contribution >= 4 is 12.0 Å². The van der Waals surface area contributed by atoms with Crippen LogP contribution in [-0.2, 0) is 9.53 Å². The molecule has 28 heavy (non-hydrogen) atoms. The highest BCUT2D eigenvalue weighted by Crippen LogP contribution is 2.33. The molecule has 0 unspecified atom stereocenters. The Kier molecular flexibility index (Phi) is 6.89. The van der Waals surface area contributed by atoms with Gasteiger partial charge in [-0.2, -0.15) is 0 Å². The van der Waals surface area contributed by atoms with Crippen LogP contribution in [0.3, 0.4) is 0 Å². The molecular formula is C22H38N2O4. The number of β-amino-alcohol motifs (C(OH)–C–C–N with tert-alkyl or cyclic N) is 1. The standard InChI is InChI=1S/C22H38N2O4/c1-22(2,3)28-21(27)23-15-18(25)14-19(23)20(26)24(16-10-6-4-7-11-16)17-12-8-5-9-13-17/h16-19,25H,4-15H2,1-3H3/t18-,19-/m1/s1. The van der Waals surface area contributed by atoms with E-state index in [2.05, 4.69) is 4.90 Å². The molecule has 6 nitrogen and oxygen atoms in total. The third-order valence-electron chi connectivity index (χ3n) is 6.38. The van der Waals surface area contributed by atoms with Crippen molar-refractivity contribution in [1.29, 1.82) is 0 Å². The van der Waals surface area contributed by atoms with Crippen LogP contribution in [0.4, 0.5) is 4.79 Å². The number of hydrogen-bond donors (Lipinski definition) is 1. The lowest BCUT2D eigenvalue weighted by molar-refractivity contribution is -0.143. The smallest absolute Gasteiger partial charge is 0.411 e. The van der Waals surface area contributed by atoms with Gasteiger partial charge in [-0.05, 0) is 46.5 Å². The van der Waals surface area contributed by atoms with Crippen LogP contribution in [0.15, 0.2) is 0 Å². The molecule has 3 fully saturated rings. The molecule has 2 saturated carbocycles. The molecule has 0 aromatic rings. The lowest BCUT2D eigenvalue weighted by atomic mass is 9.88. The predicted octanol–water partition coefficient (Wildman–Crippen LogP) is 3.85. The highest BCUT2D eigenvalue weighted by Gasteiger charge is 2.45. The fourth-order valence-electron chi connectivity index (χ4n) is 5.12. The van der Waals surface area contributed by atoms with Crippen molar-refractivity contribution in [3.63, 3.8) is 0 Å². The molecule has 2 aliphatic carbocycles. The van der Waals surface area contributed by atoms with Crippen LogP contribution in [0.5, 0.6) is 0 Å². The molecule has 3 rings (SSSR count). The first kappa shape index (κ1) is 21.4. The van der Waals surface area contributed by atoms with E-state index in [0.29, 0.717) is 6.42 Å². The van der Waals surface area contributed by atoms with Crippen LogP contribution in [-0.4, -0.2) is 63.3 Å². The number of aliphatic hydroxyl groups is 1. The molecule has 6 heteroatoms. The minimum atomic E-state index is -0.666. The Bertz CT molecular complexity index is 529. The maximum Gasteiger partial charge on any atom is 0.411 e. The Labute approximate surface area is 169 Å². The monoisotopic (exact) mass is 394 g/mol. The largest absolute Gasteiger partial charge is 0.444 e. The van der Waals surface area contributed by atoms with Gasteiger partial charge >= 0.3 is 6.09 Å². The van der Waals surface area contributed by atoms with Crippen molar-refractivity contribution in [2.45, 2.75) is 121 Å². The quantitative estimate of drug-likeness (QED) is 0.789. The second-order valence-corrected chi connectivity index (χ2v) is 9.87. The number of rotatable bonds is 3. The topological polar surface area (TPSA) is 70.1 Å². The molecule has 160 valence electrons. The van der Waals surface area contributed by atoms with E-state index in [0.717, 1.165) is 25.7 Å². The van der Waals surface area contributed by atoms with E-state index in [9.17, 15) is 14.7 Å². The number of likely N-dealkylation sites (tertiary alicyclic amines) is 1. The number of carbonyl (C=O) groups is 2. The van der Waals surface area contributed by atoms with Crippen molar-refractivity contribution in [2.75, 3.05) is 6.54 Å². The van der Waals surface area contributed by atoms with Gasteiger partial charge in [0.05, 0.1) is 12.6 Å². The fraction of sp³-hybridized carbons (Fsp3) is 0.909. The number of amides is 2. The lowest BCUT2D eigenvalue weighted by Crippen LogP contribution is -2.56. The molecule has 2 atom stereocenters. The third kappa shape index (κ3) is 5.19. The number of nitrogens with zero attached hydrogens (tertiary/aromatic N) is 2. The molecule has 0 spiro atoms. The minimum Gasteiger partial charge on any atom is -0.444 e. The van der Waals surface area contributed by atoms with Gasteiger partial charge in [-0.1, -0.05) is 38.5 Å². The Morgan fingerprint density at radius 1 is 0.929 bits per heavy atom. The summed E-state index contributed by atoms with van der Waals surface area (Å²) in [6, 6.07) is -0.0427. The number of carbonyl (C=O) groups excluding carboxylic acids is 2. The molecule has 0 bridgehead atoms. The maximum absolute atomic E-state index is 13.7. The molecular weight excluding hydrogens is 356 g/mol. The maximum atomic E-state index is 13.7. The van der Waals surface area contributed by atoms with Gasteiger partial charge in [0.1, 0.15) is 11.6 Å². The van der Waals surface area contributed by atoms with Gasteiger partial charge in [0, 0.05) is 18.5 Å². The first-order chi connectivity index (χ1) is 13.3. The Hall–Kier alpha value is -1.30. The summed E-state index contributed by atoms with van der Waals surface area (Å²) in [6.45, 7) is 5.65. The Balaban J connectivity index is 1.79. The molecule has 1 N–H and O–H groups in total. The van der Waals surface area contributed by atoms with Gasteiger partial charge in [-0.3, -0.25) is 9.69 Å². The van der Waals surface area contributed by atoms with E-state index >= 15 is 0 Å². The summed E-state index contributed by atoms with van der Waals surface area (Å²) >= 11 is 0. The van der Waals surface area contributed by atoms with Crippen molar-refractivity contribution in [1.82, 2.24) is 9.80 Å². The van der Waals surface area contributed by atoms with E-state index in [1.165, 1.54) is 43.4 Å². The van der Waals surface area contributed by atoms with Gasteiger partial charge < -0.3 is 14.7 Å². The van der Waals surface area contributed by atoms with E-state index in [1.54, 1.807) is 0 Å². The molecule has 0 aromatic heterocycles. The van der Waals surface area contributed by atoms with Crippen molar-refractivity contribution < 1.29 is 19.4 Å². The first-order valence-electron chi connectivity index (χ1n) is 11.3. The number of hydrogen-bond acceptors (Lipinski definition) is 4. The Morgan fingerprint density at radius 3 is 1.89 bits per heavy atom. The molecule has 2 amide bonds. The van der Waals surface area contributed by atoms with Crippen LogP contribution < -0.4 is 0 Å². The molecule has 0 aromatic carbocycles. The summed E-state index contributed by atoms with van der Waals surface area (Å²) < 4.78 is 5.53. The van der Waals surface area contributed by atoms with Crippen molar-refractivity contribution in [3.05, 3.63) is 0 Å². The van der Waals surface area contributed by atoms with E-state index in [-0.39, 0.29) is 24.5 Å². The highest BCUT2D eigenvalue weighted by atomic mass is 16.6. The predicted molar refractivity (Wildman–Crippen MR) is 108 cm³/mol. The summed E-state index contributed by atoms with van der Waals surface area (Å²) in [5.74, 6) is 0.0289. The highest BCUT2D eigenvalue weighted by molar-refractivity contribution is 5.87. The zero-order valence-corrected chi connectivity index (χ0v) is 17.9. The summed E-state index contributed by atoms with van der Waals surface area (Å²) in [5, 5.41) is 10.2. The SMILES string of the molecule is CC(C)(C)OC(=O)N1C[C@H](O)C[C@@H]1C(=O)N(C1CCCCC1)C1CCCCC1. The van der Waals surface area contributed by atoms with Gasteiger partial charge in [0.25, 0.3) is 0 Å². The van der Waals surface area contributed by atoms with Gasteiger partial charge in [-0.15, -0.1) is 0 Å². The zero-order valence-electron chi connectivity index (χ0n) is 17.9. The third-order valence-corrected chi connectivity index (χ3v) is 6.38. The zero-order chi connectivity index (χ0) is 20.3. The summed E-state index contributed by atoms with van der Waals surface area (Å²) in [4.78, 5) is 30.1.